The molecule has 1 heterocycles. The van der Waals surface area contributed by atoms with Crippen LogP contribution in [0.3, 0.4) is 0 Å². The molecule has 1 unspecified atom stereocenters. The minimum absolute atomic E-state index is 0.0439. The van der Waals surface area contributed by atoms with Crippen LogP contribution in [0.1, 0.15) is 12.5 Å². The van der Waals surface area contributed by atoms with E-state index in [-0.39, 0.29) is 11.9 Å². The summed E-state index contributed by atoms with van der Waals surface area (Å²) in [5, 5.41) is 0. The average Bonchev–Trinajstić information content (AvgIpc) is 2.52. The van der Waals surface area contributed by atoms with Crippen molar-refractivity contribution in [3.05, 3.63) is 29.8 Å². The maximum Gasteiger partial charge on any atom is 0.246 e. The fourth-order valence-electron chi connectivity index (χ4n) is 2.66. The molecule has 0 spiro atoms. The van der Waals surface area contributed by atoms with E-state index in [1.807, 2.05) is 23.1 Å². The summed E-state index contributed by atoms with van der Waals surface area (Å²) in [6, 6.07) is 5.79. The van der Waals surface area contributed by atoms with Crippen molar-refractivity contribution in [3.63, 3.8) is 0 Å². The van der Waals surface area contributed by atoms with Crippen molar-refractivity contribution >= 4 is 12.0 Å². The van der Waals surface area contributed by atoms with Crippen molar-refractivity contribution in [1.29, 1.82) is 0 Å². The van der Waals surface area contributed by atoms with Gasteiger partial charge < -0.3 is 19.3 Å². The Balaban J connectivity index is 2.09. The molecule has 1 atom stereocenters. The van der Waals surface area contributed by atoms with Crippen LogP contribution in [0.15, 0.2) is 24.3 Å². The topological polar surface area (TPSA) is 42.0 Å². The van der Waals surface area contributed by atoms with Crippen LogP contribution < -0.4 is 9.47 Å². The van der Waals surface area contributed by atoms with Crippen molar-refractivity contribution in [2.75, 3.05) is 40.9 Å². The summed E-state index contributed by atoms with van der Waals surface area (Å²) in [7, 11) is 5.30. The number of likely N-dealkylation sites (N-methyl/N-ethyl adjacent to an activating group) is 1. The van der Waals surface area contributed by atoms with E-state index < -0.39 is 0 Å². The van der Waals surface area contributed by atoms with Crippen molar-refractivity contribution in [2.45, 2.75) is 13.0 Å². The van der Waals surface area contributed by atoms with E-state index in [9.17, 15) is 4.79 Å². The third-order valence-electron chi connectivity index (χ3n) is 3.91. The normalized spacial score (nSPS) is 19.5. The van der Waals surface area contributed by atoms with Gasteiger partial charge in [-0.25, -0.2) is 0 Å². The molecule has 1 aromatic carbocycles. The summed E-state index contributed by atoms with van der Waals surface area (Å²) in [6.07, 6.45) is 3.43. The molecule has 0 bridgehead atoms. The first-order valence-corrected chi connectivity index (χ1v) is 7.43. The van der Waals surface area contributed by atoms with Gasteiger partial charge in [-0.15, -0.1) is 0 Å². The molecule has 1 amide bonds. The number of methoxy groups -OCH3 is 2. The smallest absolute Gasteiger partial charge is 0.246 e. The lowest BCUT2D eigenvalue weighted by Crippen LogP contribution is -2.52. The van der Waals surface area contributed by atoms with Gasteiger partial charge in [0.1, 0.15) is 11.5 Å². The number of nitrogens with zero attached hydrogens (tertiary/aromatic N) is 2. The predicted octanol–water partition coefficient (Wildman–Crippen LogP) is 1.88. The van der Waals surface area contributed by atoms with Crippen LogP contribution in [0.2, 0.25) is 0 Å². The molecule has 22 heavy (non-hydrogen) atoms. The van der Waals surface area contributed by atoms with Gasteiger partial charge in [0.15, 0.2) is 0 Å². The highest BCUT2D eigenvalue weighted by atomic mass is 16.5. The second kappa shape index (κ2) is 7.31. The number of rotatable bonds is 4. The summed E-state index contributed by atoms with van der Waals surface area (Å²) in [6.45, 7) is 4.67. The van der Waals surface area contributed by atoms with E-state index in [0.29, 0.717) is 11.5 Å². The van der Waals surface area contributed by atoms with E-state index >= 15 is 0 Å². The van der Waals surface area contributed by atoms with Gasteiger partial charge in [0.05, 0.1) is 14.2 Å². The van der Waals surface area contributed by atoms with Crippen LogP contribution in [0.4, 0.5) is 0 Å². The molecule has 1 fully saturated rings. The quantitative estimate of drug-likeness (QED) is 0.797. The number of amides is 1. The maximum absolute atomic E-state index is 12.4. The number of piperazine rings is 1. The molecule has 0 saturated carbocycles. The van der Waals surface area contributed by atoms with Crippen molar-refractivity contribution in [3.8, 4) is 11.5 Å². The van der Waals surface area contributed by atoms with Crippen molar-refractivity contribution in [2.24, 2.45) is 0 Å². The highest BCUT2D eigenvalue weighted by Crippen LogP contribution is 2.23. The molecule has 120 valence electrons. The third kappa shape index (κ3) is 4.01. The fraction of sp³-hybridized carbons (Fsp3) is 0.471. The van der Waals surface area contributed by atoms with E-state index in [1.54, 1.807) is 26.4 Å². The van der Waals surface area contributed by atoms with Crippen LogP contribution in [-0.2, 0) is 4.79 Å². The Morgan fingerprint density at radius 2 is 1.82 bits per heavy atom. The number of hydrogen-bond donors (Lipinski definition) is 0. The minimum atomic E-state index is 0.0439. The van der Waals surface area contributed by atoms with Gasteiger partial charge in [-0.1, -0.05) is 0 Å². The Labute approximate surface area is 132 Å². The SMILES string of the molecule is COc1cc(C=CC(=O)N2CCN(C)CC2C)cc(OC)c1. The number of hydrogen-bond acceptors (Lipinski definition) is 4. The van der Waals surface area contributed by atoms with E-state index in [1.165, 1.54) is 0 Å². The first kappa shape index (κ1) is 16.4. The molecule has 2 rings (SSSR count). The van der Waals surface area contributed by atoms with Crippen LogP contribution in [0.5, 0.6) is 11.5 Å². The second-order valence-corrected chi connectivity index (χ2v) is 5.62. The summed E-state index contributed by atoms with van der Waals surface area (Å²) >= 11 is 0. The lowest BCUT2D eigenvalue weighted by molar-refractivity contribution is -0.130. The molecule has 0 aromatic heterocycles. The maximum atomic E-state index is 12.4. The molecular formula is C17H24N2O3. The Hall–Kier alpha value is -2.01. The van der Waals surface area contributed by atoms with Gasteiger partial charge in [-0.05, 0) is 37.7 Å². The van der Waals surface area contributed by atoms with Crippen molar-refractivity contribution in [1.82, 2.24) is 9.80 Å². The predicted molar refractivity (Wildman–Crippen MR) is 87.3 cm³/mol. The summed E-state index contributed by atoms with van der Waals surface area (Å²) < 4.78 is 10.5. The van der Waals surface area contributed by atoms with Crippen LogP contribution in [-0.4, -0.2) is 62.7 Å². The lowest BCUT2D eigenvalue weighted by atomic mass is 10.1. The fourth-order valence-corrected chi connectivity index (χ4v) is 2.66. The monoisotopic (exact) mass is 304 g/mol. The van der Waals surface area contributed by atoms with Crippen LogP contribution in [0, 0.1) is 0 Å². The number of benzene rings is 1. The lowest BCUT2D eigenvalue weighted by Gasteiger charge is -2.37. The molecule has 1 aliphatic rings. The van der Waals surface area contributed by atoms with Crippen LogP contribution in [0.25, 0.3) is 6.08 Å². The van der Waals surface area contributed by atoms with Gasteiger partial charge in [-0.3, -0.25) is 4.79 Å². The Kier molecular flexibility index (Phi) is 5.44. The zero-order valence-corrected chi connectivity index (χ0v) is 13.7. The van der Waals surface area contributed by atoms with E-state index in [2.05, 4.69) is 18.9 Å². The molecule has 0 radical (unpaired) electrons. The molecule has 1 aromatic rings. The standard InChI is InChI=1S/C17H24N2O3/c1-13-12-18(2)7-8-19(13)17(20)6-5-14-9-15(21-3)11-16(10-14)22-4/h5-6,9-11,13H,7-8,12H2,1-4H3. The Morgan fingerprint density at radius 3 is 2.36 bits per heavy atom. The zero-order chi connectivity index (χ0) is 16.1. The van der Waals surface area contributed by atoms with Crippen LogP contribution >= 0.6 is 0 Å². The Morgan fingerprint density at radius 1 is 1.18 bits per heavy atom. The van der Waals surface area contributed by atoms with Crippen molar-refractivity contribution < 1.29 is 14.3 Å². The second-order valence-electron chi connectivity index (χ2n) is 5.62. The molecular weight excluding hydrogens is 280 g/mol. The van der Waals surface area contributed by atoms with Gasteiger partial charge in [0.2, 0.25) is 5.91 Å². The molecule has 0 N–H and O–H groups in total. The molecule has 1 saturated heterocycles. The van der Waals surface area contributed by atoms with Gasteiger partial charge in [-0.2, -0.15) is 0 Å². The number of carbonyl (C=O) groups is 1. The highest BCUT2D eigenvalue weighted by Gasteiger charge is 2.23. The number of ether oxygens (including phenoxy) is 2. The Bertz CT molecular complexity index is 535. The molecule has 5 nitrogen and oxygen atoms in total. The van der Waals surface area contributed by atoms with E-state index in [0.717, 1.165) is 25.2 Å². The first-order valence-electron chi connectivity index (χ1n) is 7.43. The minimum Gasteiger partial charge on any atom is -0.497 e. The summed E-state index contributed by atoms with van der Waals surface area (Å²) in [4.78, 5) is 16.5. The van der Waals surface area contributed by atoms with E-state index in [4.69, 9.17) is 9.47 Å². The summed E-state index contributed by atoms with van der Waals surface area (Å²) in [5.74, 6) is 1.46. The first-order chi connectivity index (χ1) is 10.5. The largest absolute Gasteiger partial charge is 0.497 e. The molecule has 1 aliphatic heterocycles. The van der Waals surface area contributed by atoms with Gasteiger partial charge >= 0.3 is 0 Å². The van der Waals surface area contributed by atoms with Gasteiger partial charge in [0, 0.05) is 37.8 Å². The van der Waals surface area contributed by atoms with Gasteiger partial charge in [0.25, 0.3) is 0 Å². The zero-order valence-electron chi connectivity index (χ0n) is 13.7. The average molecular weight is 304 g/mol. The number of carbonyl (C=O) groups excluding carboxylic acids is 1. The summed E-state index contributed by atoms with van der Waals surface area (Å²) in [5.41, 5.74) is 0.881. The molecule has 0 aliphatic carbocycles. The third-order valence-corrected chi connectivity index (χ3v) is 3.91. The molecule has 5 heteroatoms. The highest BCUT2D eigenvalue weighted by molar-refractivity contribution is 5.92.